The minimum absolute atomic E-state index is 0.143. The molecule has 0 radical (unpaired) electrons. The zero-order valence-corrected chi connectivity index (χ0v) is 15.8. The zero-order valence-electron chi connectivity index (χ0n) is 15.0. The summed E-state index contributed by atoms with van der Waals surface area (Å²) in [7, 11) is 0. The highest BCUT2D eigenvalue weighted by Crippen LogP contribution is 2.42. The lowest BCUT2D eigenvalue weighted by atomic mass is 10.1. The Bertz CT molecular complexity index is 1050. The number of esters is 1. The van der Waals surface area contributed by atoms with Gasteiger partial charge in [0.2, 0.25) is 6.23 Å². The molecule has 0 spiro atoms. The molecular weight excluding hydrogens is 376 g/mol. The van der Waals surface area contributed by atoms with E-state index in [0.29, 0.717) is 23.4 Å². The fourth-order valence-corrected chi connectivity index (χ4v) is 5.09. The first-order valence-electron chi connectivity index (χ1n) is 9.22. The standard InChI is InChI=1S/C21H18N2O4S/c24-18(22-11-12-5-4-10-26-12)17-15-8-3-9-16(15)28-20(17)23-19-13-6-1-2-7-14(13)21(25)27-19/h1-2,4-7,10,19,23H,3,8-9,11H2,(H,22,24). The largest absolute Gasteiger partial charge is 0.467 e. The fourth-order valence-electron chi connectivity index (χ4n) is 3.79. The first-order valence-corrected chi connectivity index (χ1v) is 10.0. The van der Waals surface area contributed by atoms with Crippen LogP contribution in [-0.2, 0) is 24.1 Å². The normalized spacial score (nSPS) is 17.1. The number of carbonyl (C=O) groups excluding carboxylic acids is 2. The Kier molecular flexibility index (Phi) is 4.16. The second-order valence-corrected chi connectivity index (χ2v) is 7.95. The molecule has 0 saturated carbocycles. The van der Waals surface area contributed by atoms with Gasteiger partial charge in [0.15, 0.2) is 0 Å². The predicted octanol–water partition coefficient (Wildman–Crippen LogP) is 4.04. The van der Waals surface area contributed by atoms with E-state index in [0.717, 1.165) is 35.4 Å². The molecule has 1 aliphatic carbocycles. The minimum Gasteiger partial charge on any atom is -0.467 e. The Balaban J connectivity index is 1.43. The van der Waals surface area contributed by atoms with Crippen molar-refractivity contribution in [3.63, 3.8) is 0 Å². The van der Waals surface area contributed by atoms with Crippen molar-refractivity contribution in [3.05, 3.63) is 75.6 Å². The molecule has 6 nitrogen and oxygen atoms in total. The van der Waals surface area contributed by atoms with Crippen molar-refractivity contribution >= 4 is 28.2 Å². The van der Waals surface area contributed by atoms with Crippen LogP contribution in [0.4, 0.5) is 5.00 Å². The molecule has 0 bridgehead atoms. The second kappa shape index (κ2) is 6.83. The monoisotopic (exact) mass is 394 g/mol. The lowest BCUT2D eigenvalue weighted by molar-refractivity contribution is 0.0437. The van der Waals surface area contributed by atoms with Crippen LogP contribution in [-0.4, -0.2) is 11.9 Å². The molecule has 1 unspecified atom stereocenters. The number of carbonyl (C=O) groups is 2. The Hall–Kier alpha value is -3.06. The van der Waals surface area contributed by atoms with Crippen molar-refractivity contribution in [1.29, 1.82) is 0 Å². The summed E-state index contributed by atoms with van der Waals surface area (Å²) in [5.74, 6) is 0.213. The number of benzene rings is 1. The fraction of sp³-hybridized carbons (Fsp3) is 0.238. The van der Waals surface area contributed by atoms with E-state index in [1.54, 1.807) is 29.7 Å². The number of thiophene rings is 1. The van der Waals surface area contributed by atoms with Crippen LogP contribution in [0.3, 0.4) is 0 Å². The van der Waals surface area contributed by atoms with Gasteiger partial charge in [-0.3, -0.25) is 4.79 Å². The summed E-state index contributed by atoms with van der Waals surface area (Å²) >= 11 is 1.58. The third-order valence-electron chi connectivity index (χ3n) is 5.10. The van der Waals surface area contributed by atoms with Gasteiger partial charge in [-0.25, -0.2) is 4.79 Å². The molecule has 142 valence electrons. The first kappa shape index (κ1) is 17.1. The smallest absolute Gasteiger partial charge is 0.340 e. The van der Waals surface area contributed by atoms with E-state index in [1.807, 2.05) is 24.3 Å². The van der Waals surface area contributed by atoms with E-state index >= 15 is 0 Å². The molecular formula is C21H18N2O4S. The molecule has 1 atom stereocenters. The number of aryl methyl sites for hydroxylation is 1. The molecule has 2 N–H and O–H groups in total. The first-order chi connectivity index (χ1) is 13.7. The Morgan fingerprint density at radius 3 is 2.93 bits per heavy atom. The van der Waals surface area contributed by atoms with Crippen LogP contribution >= 0.6 is 11.3 Å². The van der Waals surface area contributed by atoms with Gasteiger partial charge >= 0.3 is 5.97 Å². The number of hydrogen-bond donors (Lipinski definition) is 2. The van der Waals surface area contributed by atoms with E-state index in [9.17, 15) is 9.59 Å². The number of hydrogen-bond acceptors (Lipinski definition) is 6. The van der Waals surface area contributed by atoms with Crippen molar-refractivity contribution < 1.29 is 18.7 Å². The van der Waals surface area contributed by atoms with Crippen molar-refractivity contribution in [3.8, 4) is 0 Å². The molecule has 0 fully saturated rings. The number of cyclic esters (lactones) is 1. The summed E-state index contributed by atoms with van der Waals surface area (Å²) in [5.41, 5.74) is 3.11. The van der Waals surface area contributed by atoms with Gasteiger partial charge in [0.1, 0.15) is 10.8 Å². The molecule has 7 heteroatoms. The van der Waals surface area contributed by atoms with Crippen LogP contribution in [0.25, 0.3) is 0 Å². The highest BCUT2D eigenvalue weighted by atomic mass is 32.1. The number of anilines is 1. The highest BCUT2D eigenvalue weighted by Gasteiger charge is 2.33. The topological polar surface area (TPSA) is 80.6 Å². The molecule has 3 aromatic rings. The second-order valence-electron chi connectivity index (χ2n) is 6.84. The highest BCUT2D eigenvalue weighted by molar-refractivity contribution is 7.16. The average molecular weight is 394 g/mol. The van der Waals surface area contributed by atoms with Crippen LogP contribution in [0.2, 0.25) is 0 Å². The number of rotatable bonds is 5. The predicted molar refractivity (Wildman–Crippen MR) is 104 cm³/mol. The molecule has 28 heavy (non-hydrogen) atoms. The molecule has 1 aliphatic heterocycles. The lowest BCUT2D eigenvalue weighted by Gasteiger charge is -2.15. The SMILES string of the molecule is O=C1OC(Nc2sc3c(c2C(=O)NCc2ccco2)CCC3)c2ccccc21. The molecule has 1 amide bonds. The number of nitrogens with one attached hydrogen (secondary N) is 2. The quantitative estimate of drug-likeness (QED) is 0.639. The summed E-state index contributed by atoms with van der Waals surface area (Å²) in [6.07, 6.45) is 3.92. The van der Waals surface area contributed by atoms with Gasteiger partial charge in [-0.1, -0.05) is 18.2 Å². The van der Waals surface area contributed by atoms with Gasteiger partial charge in [-0.2, -0.15) is 0 Å². The van der Waals surface area contributed by atoms with E-state index in [1.165, 1.54) is 4.88 Å². The third-order valence-corrected chi connectivity index (χ3v) is 6.32. The summed E-state index contributed by atoms with van der Waals surface area (Å²) in [5, 5.41) is 6.97. The minimum atomic E-state index is -0.584. The number of fused-ring (bicyclic) bond motifs is 2. The Morgan fingerprint density at radius 1 is 1.18 bits per heavy atom. The van der Waals surface area contributed by atoms with Crippen LogP contribution in [0.1, 0.15) is 55.1 Å². The van der Waals surface area contributed by atoms with E-state index in [-0.39, 0.29) is 11.9 Å². The molecule has 3 heterocycles. The average Bonchev–Trinajstić information content (AvgIpc) is 3.46. The van der Waals surface area contributed by atoms with Crippen molar-refractivity contribution in [2.24, 2.45) is 0 Å². The summed E-state index contributed by atoms with van der Waals surface area (Å²) < 4.78 is 10.8. The van der Waals surface area contributed by atoms with Gasteiger partial charge in [0.25, 0.3) is 5.91 Å². The Labute approximate surface area is 165 Å². The summed E-state index contributed by atoms with van der Waals surface area (Å²) in [6.45, 7) is 0.330. The summed E-state index contributed by atoms with van der Waals surface area (Å²) in [4.78, 5) is 26.3. The zero-order chi connectivity index (χ0) is 19.1. The van der Waals surface area contributed by atoms with E-state index < -0.39 is 6.23 Å². The van der Waals surface area contributed by atoms with Crippen LogP contribution in [0.5, 0.6) is 0 Å². The lowest BCUT2D eigenvalue weighted by Crippen LogP contribution is -2.24. The van der Waals surface area contributed by atoms with Gasteiger partial charge in [0, 0.05) is 10.4 Å². The van der Waals surface area contributed by atoms with Crippen molar-refractivity contribution in [2.45, 2.75) is 32.0 Å². The summed E-state index contributed by atoms with van der Waals surface area (Å²) in [6, 6.07) is 10.9. The number of ether oxygens (including phenoxy) is 1. The molecule has 2 aliphatic rings. The molecule has 1 aromatic carbocycles. The van der Waals surface area contributed by atoms with Crippen LogP contribution < -0.4 is 10.6 Å². The number of furan rings is 1. The van der Waals surface area contributed by atoms with Crippen molar-refractivity contribution in [2.75, 3.05) is 5.32 Å². The van der Waals surface area contributed by atoms with Crippen molar-refractivity contribution in [1.82, 2.24) is 5.32 Å². The van der Waals surface area contributed by atoms with Gasteiger partial charge in [-0.05, 0) is 43.0 Å². The number of amides is 1. The maximum absolute atomic E-state index is 13.0. The maximum Gasteiger partial charge on any atom is 0.340 e. The third kappa shape index (κ3) is 2.88. The van der Waals surface area contributed by atoms with Crippen LogP contribution in [0, 0.1) is 0 Å². The van der Waals surface area contributed by atoms with E-state index in [4.69, 9.17) is 9.15 Å². The maximum atomic E-state index is 13.0. The van der Waals surface area contributed by atoms with Gasteiger partial charge < -0.3 is 19.8 Å². The van der Waals surface area contributed by atoms with Gasteiger partial charge in [0.05, 0.1) is 23.9 Å². The van der Waals surface area contributed by atoms with Gasteiger partial charge in [-0.15, -0.1) is 11.3 Å². The van der Waals surface area contributed by atoms with Crippen LogP contribution in [0.15, 0.2) is 47.1 Å². The molecule has 0 saturated heterocycles. The van der Waals surface area contributed by atoms with E-state index in [2.05, 4.69) is 10.6 Å². The molecule has 5 rings (SSSR count). The molecule has 2 aromatic heterocycles. The Morgan fingerprint density at radius 2 is 2.07 bits per heavy atom.